The van der Waals surface area contributed by atoms with Gasteiger partial charge in [0, 0.05) is 33.0 Å². The fourth-order valence-corrected chi connectivity index (χ4v) is 5.85. The molecule has 3 amide bonds. The van der Waals surface area contributed by atoms with E-state index >= 15 is 0 Å². The second kappa shape index (κ2) is 19.5. The second-order valence-electron chi connectivity index (χ2n) is 13.2. The highest BCUT2D eigenvalue weighted by Gasteiger charge is 2.34. The summed E-state index contributed by atoms with van der Waals surface area (Å²) in [6.45, 7) is 5.17. The van der Waals surface area contributed by atoms with Gasteiger partial charge in [-0.3, -0.25) is 14.4 Å². The van der Waals surface area contributed by atoms with Gasteiger partial charge in [0.1, 0.15) is 12.1 Å². The van der Waals surface area contributed by atoms with Gasteiger partial charge >= 0.3 is 0 Å². The maximum absolute atomic E-state index is 13.7. The molecule has 0 saturated heterocycles. The summed E-state index contributed by atoms with van der Waals surface area (Å²) in [6.07, 6.45) is 10.1. The Hall–Kier alpha value is -2.93. The molecule has 1 fully saturated rings. The van der Waals surface area contributed by atoms with Crippen molar-refractivity contribution < 1.29 is 24.6 Å². The molecular formula is C35H56N4O5. The van der Waals surface area contributed by atoms with Gasteiger partial charge < -0.3 is 30.6 Å². The van der Waals surface area contributed by atoms with Gasteiger partial charge in [-0.2, -0.15) is 0 Å². The van der Waals surface area contributed by atoms with Crippen LogP contribution in [0.2, 0.25) is 0 Å². The zero-order valence-corrected chi connectivity index (χ0v) is 27.5. The maximum atomic E-state index is 13.7. The van der Waals surface area contributed by atoms with Crippen molar-refractivity contribution in [1.82, 2.24) is 20.4 Å². The Morgan fingerprint density at radius 1 is 0.977 bits per heavy atom. The van der Waals surface area contributed by atoms with Crippen LogP contribution in [0.15, 0.2) is 30.3 Å². The molecule has 1 saturated carbocycles. The molecule has 246 valence electrons. The topological polar surface area (TPSA) is 122 Å². The lowest BCUT2D eigenvalue weighted by Gasteiger charge is -2.33. The molecule has 1 aliphatic carbocycles. The van der Waals surface area contributed by atoms with Crippen molar-refractivity contribution in [2.45, 2.75) is 102 Å². The smallest absolute Gasteiger partial charge is 0.243 e. The predicted molar refractivity (Wildman–Crippen MR) is 174 cm³/mol. The number of carbonyl (C=O) groups is 3. The molecule has 0 aromatic heterocycles. The Kier molecular flexibility index (Phi) is 16.5. The number of likely N-dealkylation sites (N-methyl/N-ethyl adjacent to an activating group) is 2. The molecule has 0 bridgehead atoms. The minimum Gasteiger partial charge on any atom is -0.390 e. The van der Waals surface area contributed by atoms with Crippen LogP contribution >= 0.6 is 0 Å². The summed E-state index contributed by atoms with van der Waals surface area (Å²) in [5.74, 6) is 1.20. The molecule has 9 nitrogen and oxygen atoms in total. The highest BCUT2D eigenvalue weighted by Crippen LogP contribution is 2.29. The standard InChI is InChI=1S/C35H56N4O5/c1-7-14-29(35(44)37-30(23-27-17-12-9-13-18-27)33(42)31(40)21-25(2)3)36-34(43)28(22-26-15-10-8-11-16-26)24-32(41)39(6)20-19-38(4)5/h1,8,10-11,15-16,25,27-31,33,40,42H,9,12-14,17-24H2,2-6H3,(H,36,43)(H,37,44)/t28?,29-,30?,31?,33+/m0/s1. The van der Waals surface area contributed by atoms with Crippen LogP contribution in [0.1, 0.15) is 77.2 Å². The first kappa shape index (κ1) is 37.3. The van der Waals surface area contributed by atoms with Crippen LogP contribution in [-0.2, 0) is 20.8 Å². The van der Waals surface area contributed by atoms with Crippen molar-refractivity contribution >= 4 is 17.7 Å². The number of hydrogen-bond acceptors (Lipinski definition) is 6. The maximum Gasteiger partial charge on any atom is 0.243 e. The van der Waals surface area contributed by atoms with Crippen molar-refractivity contribution in [1.29, 1.82) is 0 Å². The zero-order chi connectivity index (χ0) is 32.6. The SMILES string of the molecule is C#CC[C@H](NC(=O)C(CC(=O)N(C)CCN(C)C)Cc1ccccc1)C(=O)NC(CC1CCCCC1)[C@@H](O)C(O)CC(C)C. The van der Waals surface area contributed by atoms with Crippen LogP contribution < -0.4 is 10.6 Å². The summed E-state index contributed by atoms with van der Waals surface area (Å²) >= 11 is 0. The number of hydrogen-bond donors (Lipinski definition) is 4. The summed E-state index contributed by atoms with van der Waals surface area (Å²) < 4.78 is 0. The number of aliphatic hydroxyl groups excluding tert-OH is 2. The van der Waals surface area contributed by atoms with E-state index in [9.17, 15) is 24.6 Å². The number of carbonyl (C=O) groups excluding carboxylic acids is 3. The van der Waals surface area contributed by atoms with Crippen molar-refractivity contribution in [3.63, 3.8) is 0 Å². The van der Waals surface area contributed by atoms with Gasteiger partial charge in [-0.05, 0) is 50.8 Å². The molecule has 1 aliphatic rings. The molecule has 0 aliphatic heterocycles. The van der Waals surface area contributed by atoms with E-state index in [1.54, 1.807) is 11.9 Å². The lowest BCUT2D eigenvalue weighted by atomic mass is 9.82. The molecule has 4 N–H and O–H groups in total. The highest BCUT2D eigenvalue weighted by atomic mass is 16.3. The van der Waals surface area contributed by atoms with Gasteiger partial charge in [0.25, 0.3) is 0 Å². The molecule has 0 heterocycles. The number of amides is 3. The molecule has 9 heteroatoms. The van der Waals surface area contributed by atoms with Crippen LogP contribution in [0.25, 0.3) is 0 Å². The van der Waals surface area contributed by atoms with E-state index in [0.717, 1.165) is 31.2 Å². The molecule has 0 radical (unpaired) electrons. The van der Waals surface area contributed by atoms with E-state index in [1.165, 1.54) is 6.42 Å². The first-order chi connectivity index (χ1) is 20.9. The van der Waals surface area contributed by atoms with Crippen LogP contribution in [-0.4, -0.2) is 96.3 Å². The van der Waals surface area contributed by atoms with Gasteiger partial charge in [0.15, 0.2) is 0 Å². The predicted octanol–water partition coefficient (Wildman–Crippen LogP) is 2.99. The monoisotopic (exact) mass is 612 g/mol. The number of benzene rings is 1. The number of nitrogens with zero attached hydrogens (tertiary/aromatic N) is 2. The fraction of sp³-hybridized carbons (Fsp3) is 0.686. The first-order valence-corrected chi connectivity index (χ1v) is 16.2. The van der Waals surface area contributed by atoms with Gasteiger partial charge in [0.2, 0.25) is 17.7 Å². The summed E-state index contributed by atoms with van der Waals surface area (Å²) in [4.78, 5) is 44.1. The Labute approximate surface area is 265 Å². The van der Waals surface area contributed by atoms with Gasteiger partial charge in [0.05, 0.1) is 18.1 Å². The van der Waals surface area contributed by atoms with E-state index in [-0.39, 0.29) is 24.7 Å². The molecule has 0 spiro atoms. The van der Waals surface area contributed by atoms with Gasteiger partial charge in [-0.25, -0.2) is 0 Å². The summed E-state index contributed by atoms with van der Waals surface area (Å²) in [5, 5.41) is 27.7. The molecule has 44 heavy (non-hydrogen) atoms. The summed E-state index contributed by atoms with van der Waals surface area (Å²) in [6, 6.07) is 7.75. The second-order valence-corrected chi connectivity index (χ2v) is 13.2. The van der Waals surface area contributed by atoms with E-state index < -0.39 is 42.0 Å². The van der Waals surface area contributed by atoms with E-state index in [4.69, 9.17) is 6.42 Å². The average Bonchev–Trinajstić information content (AvgIpc) is 2.99. The molecule has 2 rings (SSSR count). The normalized spacial score (nSPS) is 17.3. The zero-order valence-electron chi connectivity index (χ0n) is 27.5. The number of aliphatic hydroxyl groups is 2. The third-order valence-corrected chi connectivity index (χ3v) is 8.54. The van der Waals surface area contributed by atoms with E-state index in [2.05, 4.69) is 16.6 Å². The lowest BCUT2D eigenvalue weighted by molar-refractivity contribution is -0.137. The molecular weight excluding hydrogens is 556 g/mol. The van der Waals surface area contributed by atoms with Crippen LogP contribution in [0.5, 0.6) is 0 Å². The van der Waals surface area contributed by atoms with E-state index in [0.29, 0.717) is 38.3 Å². The first-order valence-electron chi connectivity index (χ1n) is 16.2. The number of nitrogens with one attached hydrogen (secondary N) is 2. The highest BCUT2D eigenvalue weighted by molar-refractivity contribution is 5.91. The lowest BCUT2D eigenvalue weighted by Crippen LogP contribution is -2.56. The average molecular weight is 613 g/mol. The van der Waals surface area contributed by atoms with Crippen molar-refractivity contribution in [2.75, 3.05) is 34.2 Å². The van der Waals surface area contributed by atoms with Gasteiger partial charge in [-0.1, -0.05) is 76.3 Å². The Bertz CT molecular complexity index is 1050. The number of terminal acetylenes is 1. The summed E-state index contributed by atoms with van der Waals surface area (Å²) in [7, 11) is 5.60. The molecule has 1 aromatic rings. The van der Waals surface area contributed by atoms with Crippen LogP contribution in [0, 0.1) is 30.1 Å². The third-order valence-electron chi connectivity index (χ3n) is 8.54. The van der Waals surface area contributed by atoms with Crippen LogP contribution in [0.4, 0.5) is 0 Å². The van der Waals surface area contributed by atoms with Crippen molar-refractivity contribution in [3.8, 4) is 12.3 Å². The minimum atomic E-state index is -1.15. The minimum absolute atomic E-state index is 0.0144. The molecule has 3 unspecified atom stereocenters. The van der Waals surface area contributed by atoms with Crippen molar-refractivity contribution in [3.05, 3.63) is 35.9 Å². The van der Waals surface area contributed by atoms with Gasteiger partial charge in [-0.15, -0.1) is 12.3 Å². The number of rotatable bonds is 18. The molecule has 1 aromatic carbocycles. The fourth-order valence-electron chi connectivity index (χ4n) is 5.85. The van der Waals surface area contributed by atoms with Crippen LogP contribution in [0.3, 0.4) is 0 Å². The Morgan fingerprint density at radius 2 is 1.64 bits per heavy atom. The Balaban J connectivity index is 2.21. The quantitative estimate of drug-likeness (QED) is 0.189. The summed E-state index contributed by atoms with van der Waals surface area (Å²) in [5.41, 5.74) is 0.907. The van der Waals surface area contributed by atoms with Crippen molar-refractivity contribution in [2.24, 2.45) is 17.8 Å². The Morgan fingerprint density at radius 3 is 2.23 bits per heavy atom. The van der Waals surface area contributed by atoms with E-state index in [1.807, 2.05) is 63.2 Å². The largest absolute Gasteiger partial charge is 0.390 e. The third kappa shape index (κ3) is 13.4. The molecule has 5 atom stereocenters.